The summed E-state index contributed by atoms with van der Waals surface area (Å²) in [4.78, 5) is 0. The highest BCUT2D eigenvalue weighted by atomic mass is 15.3. The molecule has 0 aliphatic carbocycles. The lowest BCUT2D eigenvalue weighted by molar-refractivity contribution is 0.879. The van der Waals surface area contributed by atoms with E-state index < -0.39 is 0 Å². The summed E-state index contributed by atoms with van der Waals surface area (Å²) in [6.45, 7) is 2.51. The van der Waals surface area contributed by atoms with Crippen LogP contribution < -0.4 is 5.73 Å². The molecule has 2 N–H and O–H groups in total. The molecule has 0 saturated heterocycles. The molecule has 4 heteroatoms. The molecule has 21 heavy (non-hydrogen) atoms. The number of hydrogen-bond acceptors (Lipinski definition) is 3. The van der Waals surface area contributed by atoms with Crippen LogP contribution in [-0.2, 0) is 13.0 Å². The third-order valence-electron chi connectivity index (χ3n) is 3.59. The Morgan fingerprint density at radius 3 is 2.29 bits per heavy atom. The maximum absolute atomic E-state index is 5.82. The van der Waals surface area contributed by atoms with Crippen LogP contribution in [0.2, 0.25) is 0 Å². The van der Waals surface area contributed by atoms with Gasteiger partial charge in [-0.05, 0) is 30.2 Å². The smallest absolute Gasteiger partial charge is 0.142 e. The van der Waals surface area contributed by atoms with Crippen LogP contribution in [-0.4, -0.2) is 14.8 Å². The van der Waals surface area contributed by atoms with Crippen molar-refractivity contribution in [3.05, 3.63) is 77.4 Å². The Hall–Kier alpha value is -2.46. The van der Waals surface area contributed by atoms with Crippen molar-refractivity contribution in [2.24, 2.45) is 5.73 Å². The van der Waals surface area contributed by atoms with Gasteiger partial charge >= 0.3 is 0 Å². The van der Waals surface area contributed by atoms with Crippen molar-refractivity contribution in [2.75, 3.05) is 0 Å². The van der Waals surface area contributed by atoms with Crippen molar-refractivity contribution in [3.8, 4) is 5.69 Å². The van der Waals surface area contributed by atoms with Gasteiger partial charge in [0.25, 0.3) is 0 Å². The van der Waals surface area contributed by atoms with E-state index in [2.05, 4.69) is 39.0 Å². The predicted molar refractivity (Wildman–Crippen MR) is 83.2 cm³/mol. The first kappa shape index (κ1) is 13.5. The number of rotatable bonds is 4. The van der Waals surface area contributed by atoms with Crippen molar-refractivity contribution in [1.82, 2.24) is 14.8 Å². The maximum Gasteiger partial charge on any atom is 0.142 e. The zero-order chi connectivity index (χ0) is 14.7. The second kappa shape index (κ2) is 5.89. The topological polar surface area (TPSA) is 56.7 Å². The number of nitrogens with two attached hydrogens (primary N) is 1. The average Bonchev–Trinajstić information content (AvgIpc) is 2.89. The number of para-hydroxylation sites is 1. The van der Waals surface area contributed by atoms with Crippen molar-refractivity contribution in [1.29, 1.82) is 0 Å². The van der Waals surface area contributed by atoms with Crippen molar-refractivity contribution >= 4 is 0 Å². The standard InChI is InChI=1S/C17H18N4/c1-13-19-20-17(21(13)16-9-3-2-4-10-16)11-14-7-5-6-8-15(14)12-18/h2-10H,11-12,18H2,1H3. The van der Waals surface area contributed by atoms with E-state index in [4.69, 9.17) is 5.73 Å². The highest BCUT2D eigenvalue weighted by Crippen LogP contribution is 2.17. The minimum atomic E-state index is 0.536. The summed E-state index contributed by atoms with van der Waals surface area (Å²) in [6.07, 6.45) is 0.725. The Morgan fingerprint density at radius 2 is 1.57 bits per heavy atom. The second-order valence-corrected chi connectivity index (χ2v) is 4.98. The highest BCUT2D eigenvalue weighted by molar-refractivity contribution is 5.36. The third-order valence-corrected chi connectivity index (χ3v) is 3.59. The first-order valence-corrected chi connectivity index (χ1v) is 7.02. The zero-order valence-electron chi connectivity index (χ0n) is 12.0. The van der Waals surface area contributed by atoms with Crippen molar-refractivity contribution in [2.45, 2.75) is 19.9 Å². The Kier molecular flexibility index (Phi) is 3.79. The van der Waals surface area contributed by atoms with E-state index in [0.29, 0.717) is 6.54 Å². The minimum Gasteiger partial charge on any atom is -0.326 e. The molecule has 2 aromatic carbocycles. The molecule has 0 atom stereocenters. The molecule has 0 unspecified atom stereocenters. The first-order chi connectivity index (χ1) is 10.3. The summed E-state index contributed by atoms with van der Waals surface area (Å²) in [7, 11) is 0. The van der Waals surface area contributed by atoms with Crippen LogP contribution in [0, 0.1) is 6.92 Å². The van der Waals surface area contributed by atoms with E-state index >= 15 is 0 Å². The number of aromatic nitrogens is 3. The van der Waals surface area contributed by atoms with Gasteiger partial charge < -0.3 is 5.73 Å². The second-order valence-electron chi connectivity index (χ2n) is 4.98. The Bertz CT molecular complexity index is 732. The predicted octanol–water partition coefficient (Wildman–Crippen LogP) is 2.63. The normalized spacial score (nSPS) is 10.8. The van der Waals surface area contributed by atoms with Gasteiger partial charge in [-0.3, -0.25) is 4.57 Å². The largest absolute Gasteiger partial charge is 0.326 e. The van der Waals surface area contributed by atoms with Crippen LogP contribution in [0.3, 0.4) is 0 Å². The van der Waals surface area contributed by atoms with Gasteiger partial charge in [0.2, 0.25) is 0 Å². The molecule has 0 bridgehead atoms. The molecule has 0 aliphatic heterocycles. The third kappa shape index (κ3) is 2.71. The summed E-state index contributed by atoms with van der Waals surface area (Å²) in [5.74, 6) is 1.82. The fourth-order valence-electron chi connectivity index (χ4n) is 2.53. The number of nitrogens with zero attached hydrogens (tertiary/aromatic N) is 3. The molecule has 0 amide bonds. The molecule has 0 fully saturated rings. The van der Waals surface area contributed by atoms with Gasteiger partial charge in [-0.15, -0.1) is 10.2 Å². The van der Waals surface area contributed by atoms with E-state index in [-0.39, 0.29) is 0 Å². The number of hydrogen-bond donors (Lipinski definition) is 1. The quantitative estimate of drug-likeness (QED) is 0.798. The molecule has 1 heterocycles. The lowest BCUT2D eigenvalue weighted by Crippen LogP contribution is -2.07. The van der Waals surface area contributed by atoms with Crippen LogP contribution in [0.1, 0.15) is 22.8 Å². The molecule has 0 saturated carbocycles. The SMILES string of the molecule is Cc1nnc(Cc2ccccc2CN)n1-c1ccccc1. The summed E-state index contributed by atoms with van der Waals surface area (Å²) >= 11 is 0. The van der Waals surface area contributed by atoms with Crippen LogP contribution in [0.5, 0.6) is 0 Å². The number of benzene rings is 2. The lowest BCUT2D eigenvalue weighted by Gasteiger charge is -2.10. The molecule has 0 aliphatic rings. The molecule has 3 rings (SSSR count). The van der Waals surface area contributed by atoms with E-state index in [0.717, 1.165) is 29.3 Å². The van der Waals surface area contributed by atoms with Crippen LogP contribution in [0.15, 0.2) is 54.6 Å². The minimum absolute atomic E-state index is 0.536. The molecular formula is C17H18N4. The van der Waals surface area contributed by atoms with E-state index in [9.17, 15) is 0 Å². The van der Waals surface area contributed by atoms with Crippen LogP contribution in [0.4, 0.5) is 0 Å². The fourth-order valence-corrected chi connectivity index (χ4v) is 2.53. The van der Waals surface area contributed by atoms with Crippen molar-refractivity contribution < 1.29 is 0 Å². The van der Waals surface area contributed by atoms with Gasteiger partial charge in [0, 0.05) is 18.7 Å². The van der Waals surface area contributed by atoms with Gasteiger partial charge in [0.05, 0.1) is 0 Å². The number of aryl methyl sites for hydroxylation is 1. The Balaban J connectivity index is 2.01. The lowest BCUT2D eigenvalue weighted by atomic mass is 10.0. The summed E-state index contributed by atoms with van der Waals surface area (Å²) in [5.41, 5.74) is 9.25. The summed E-state index contributed by atoms with van der Waals surface area (Å²) in [5, 5.41) is 8.56. The average molecular weight is 278 g/mol. The fraction of sp³-hybridized carbons (Fsp3) is 0.176. The van der Waals surface area contributed by atoms with E-state index in [1.807, 2.05) is 37.3 Å². The molecule has 4 nitrogen and oxygen atoms in total. The van der Waals surface area contributed by atoms with Crippen molar-refractivity contribution in [3.63, 3.8) is 0 Å². The molecular weight excluding hydrogens is 260 g/mol. The van der Waals surface area contributed by atoms with Gasteiger partial charge in [-0.1, -0.05) is 42.5 Å². The molecule has 3 aromatic rings. The van der Waals surface area contributed by atoms with E-state index in [1.54, 1.807) is 0 Å². The maximum atomic E-state index is 5.82. The zero-order valence-corrected chi connectivity index (χ0v) is 12.0. The van der Waals surface area contributed by atoms with Gasteiger partial charge in [-0.25, -0.2) is 0 Å². The van der Waals surface area contributed by atoms with Crippen LogP contribution >= 0.6 is 0 Å². The van der Waals surface area contributed by atoms with E-state index in [1.165, 1.54) is 5.56 Å². The molecule has 1 aromatic heterocycles. The highest BCUT2D eigenvalue weighted by Gasteiger charge is 2.12. The monoisotopic (exact) mass is 278 g/mol. The Morgan fingerprint density at radius 1 is 0.905 bits per heavy atom. The molecule has 0 radical (unpaired) electrons. The van der Waals surface area contributed by atoms with Gasteiger partial charge in [0.15, 0.2) is 0 Å². The first-order valence-electron chi connectivity index (χ1n) is 7.02. The summed E-state index contributed by atoms with van der Waals surface area (Å²) < 4.78 is 2.09. The molecule has 0 spiro atoms. The van der Waals surface area contributed by atoms with Gasteiger partial charge in [0.1, 0.15) is 11.6 Å². The Labute approximate surface area is 124 Å². The van der Waals surface area contributed by atoms with Crippen LogP contribution in [0.25, 0.3) is 5.69 Å². The summed E-state index contributed by atoms with van der Waals surface area (Å²) in [6, 6.07) is 18.4. The van der Waals surface area contributed by atoms with Gasteiger partial charge in [-0.2, -0.15) is 0 Å². The molecule has 106 valence electrons.